The fourth-order valence-electron chi connectivity index (χ4n) is 3.88. The number of urea groups is 1. The molecule has 2 aromatic carbocycles. The summed E-state index contributed by atoms with van der Waals surface area (Å²) in [6, 6.07) is 8.04. The smallest absolute Gasteiger partial charge is 0.437 e. The van der Waals surface area contributed by atoms with E-state index >= 15 is 0 Å². The van der Waals surface area contributed by atoms with E-state index in [2.05, 4.69) is 5.32 Å². The third kappa shape index (κ3) is 4.21. The van der Waals surface area contributed by atoms with Gasteiger partial charge in [0.05, 0.1) is 10.5 Å². The van der Waals surface area contributed by atoms with Crippen molar-refractivity contribution in [1.29, 1.82) is 0 Å². The molecule has 9 nitrogen and oxygen atoms in total. The maximum atomic E-state index is 14.0. The number of para-hydroxylation sites is 1. The van der Waals surface area contributed by atoms with E-state index in [1.165, 1.54) is 35.6 Å². The number of nitro benzene ring substituents is 1. The van der Waals surface area contributed by atoms with Crippen LogP contribution in [-0.4, -0.2) is 33.7 Å². The number of ketones is 1. The van der Waals surface area contributed by atoms with Gasteiger partial charge >= 0.3 is 12.2 Å². The fraction of sp³-hybridized carbons (Fsp3) is 0.182. The van der Waals surface area contributed by atoms with Crippen LogP contribution in [0.5, 0.6) is 0 Å². The third-order valence-corrected chi connectivity index (χ3v) is 5.52. The van der Waals surface area contributed by atoms with Gasteiger partial charge in [-0.15, -0.1) is 0 Å². The number of furan rings is 1. The topological polar surface area (TPSA) is 135 Å². The predicted octanol–water partition coefficient (Wildman–Crippen LogP) is 4.10. The van der Waals surface area contributed by atoms with Gasteiger partial charge in [0.2, 0.25) is 5.72 Å². The van der Waals surface area contributed by atoms with Gasteiger partial charge in [0.25, 0.3) is 5.69 Å². The van der Waals surface area contributed by atoms with Gasteiger partial charge in [-0.2, -0.15) is 13.2 Å². The molecule has 2 heterocycles. The highest BCUT2D eigenvalue weighted by atomic mass is 19.4. The summed E-state index contributed by atoms with van der Waals surface area (Å²) in [5.41, 5.74) is -4.74. The van der Waals surface area contributed by atoms with Crippen molar-refractivity contribution in [3.8, 4) is 11.3 Å². The van der Waals surface area contributed by atoms with E-state index < -0.39 is 46.4 Å². The van der Waals surface area contributed by atoms with E-state index in [1.807, 2.05) is 0 Å². The molecule has 0 unspecified atom stereocenters. The number of amides is 2. The number of hydrogen-bond donors (Lipinski definition) is 3. The minimum atomic E-state index is -5.50. The molecule has 35 heavy (non-hydrogen) atoms. The second-order valence-electron chi connectivity index (χ2n) is 7.67. The Morgan fingerprint density at radius 2 is 1.74 bits per heavy atom. The summed E-state index contributed by atoms with van der Waals surface area (Å²) in [6.07, 6.45) is -5.50. The predicted molar refractivity (Wildman–Crippen MR) is 110 cm³/mol. The van der Waals surface area contributed by atoms with Gasteiger partial charge in [-0.05, 0) is 42.5 Å². The van der Waals surface area contributed by atoms with Crippen molar-refractivity contribution in [2.75, 3.05) is 0 Å². The first kappa shape index (κ1) is 23.9. The molecule has 3 aromatic rings. The molecule has 1 fully saturated rings. The molecule has 0 bridgehead atoms. The Labute approximate surface area is 193 Å². The van der Waals surface area contributed by atoms with Crippen LogP contribution in [0.4, 0.5) is 28.0 Å². The van der Waals surface area contributed by atoms with Crippen LogP contribution < -0.4 is 10.6 Å². The summed E-state index contributed by atoms with van der Waals surface area (Å²) in [5, 5.41) is 25.4. The minimum Gasteiger partial charge on any atom is -0.459 e. The molecule has 1 aromatic heterocycles. The zero-order valence-corrected chi connectivity index (χ0v) is 17.4. The molecule has 1 aliphatic heterocycles. The van der Waals surface area contributed by atoms with Crippen LogP contribution in [0.25, 0.3) is 11.3 Å². The van der Waals surface area contributed by atoms with Crippen molar-refractivity contribution in [1.82, 2.24) is 10.6 Å². The number of benzene rings is 2. The maximum Gasteiger partial charge on any atom is 0.437 e. The van der Waals surface area contributed by atoms with Crippen molar-refractivity contribution in [2.45, 2.75) is 17.9 Å². The monoisotopic (exact) mass is 493 g/mol. The minimum absolute atomic E-state index is 0.00324. The van der Waals surface area contributed by atoms with Gasteiger partial charge in [0.1, 0.15) is 29.3 Å². The van der Waals surface area contributed by atoms with Crippen molar-refractivity contribution in [3.63, 3.8) is 0 Å². The summed E-state index contributed by atoms with van der Waals surface area (Å²) in [4.78, 5) is 35.9. The number of nitrogens with one attached hydrogen (secondary N) is 2. The number of nitrogens with zero attached hydrogens (tertiary/aromatic N) is 1. The fourth-order valence-corrected chi connectivity index (χ4v) is 3.88. The number of hydrogen-bond acceptors (Lipinski definition) is 6. The highest BCUT2D eigenvalue weighted by Crippen LogP contribution is 2.45. The highest BCUT2D eigenvalue weighted by Gasteiger charge is 2.66. The summed E-state index contributed by atoms with van der Waals surface area (Å²) < 4.78 is 60.8. The average Bonchev–Trinajstić information content (AvgIpc) is 3.28. The molecule has 182 valence electrons. The number of carbonyl (C=O) groups excluding carboxylic acids is 2. The van der Waals surface area contributed by atoms with Crippen LogP contribution in [0.3, 0.4) is 0 Å². The molecule has 1 saturated heterocycles. The Morgan fingerprint density at radius 1 is 1.09 bits per heavy atom. The molecule has 2 amide bonds. The molecule has 0 spiro atoms. The average molecular weight is 493 g/mol. The lowest BCUT2D eigenvalue weighted by molar-refractivity contribution is -0.384. The normalized spacial score (nSPS) is 22.3. The van der Waals surface area contributed by atoms with Gasteiger partial charge in [0.15, 0.2) is 5.78 Å². The maximum absolute atomic E-state index is 14.0. The number of rotatable bonds is 5. The lowest BCUT2D eigenvalue weighted by Gasteiger charge is -2.44. The van der Waals surface area contributed by atoms with Crippen LogP contribution in [-0.2, 0) is 0 Å². The summed E-state index contributed by atoms with van der Waals surface area (Å²) in [5.74, 6) is -4.93. The Hall–Kier alpha value is -4.26. The van der Waals surface area contributed by atoms with Crippen molar-refractivity contribution in [2.24, 2.45) is 5.92 Å². The zero-order valence-electron chi connectivity index (χ0n) is 17.4. The molecule has 3 atom stereocenters. The Kier molecular flexibility index (Phi) is 5.80. The van der Waals surface area contributed by atoms with E-state index in [1.54, 1.807) is 0 Å². The van der Waals surface area contributed by atoms with Crippen LogP contribution >= 0.6 is 0 Å². The van der Waals surface area contributed by atoms with Crippen LogP contribution in [0, 0.1) is 21.8 Å². The molecule has 13 heteroatoms. The number of nitro groups is 1. The molecule has 0 saturated carbocycles. The standard InChI is InChI=1S/C22H15F4N3O6/c23-12-7-5-11(6-8-12)19(30)17-18(27-20(31)28-21(17,32)22(24,25)26)16-10-9-15(35-16)13-3-1-2-4-14(13)29(33)34/h1-10,17-18,32H,(H2,27,28,31)/t17-,18-,21+/m0/s1. The Bertz CT molecular complexity index is 1310. The number of Topliss-reactive ketones (excluding diaryl/α,β-unsaturated/α-hetero) is 1. The molecule has 0 aliphatic carbocycles. The molecule has 1 aliphatic rings. The summed E-state index contributed by atoms with van der Waals surface area (Å²) in [6.45, 7) is 0. The van der Waals surface area contributed by atoms with Gasteiger partial charge in [-0.3, -0.25) is 14.9 Å². The number of halogens is 4. The summed E-state index contributed by atoms with van der Waals surface area (Å²) in [7, 11) is 0. The number of aliphatic hydroxyl groups is 1. The molecular weight excluding hydrogens is 478 g/mol. The summed E-state index contributed by atoms with van der Waals surface area (Å²) >= 11 is 0. The Morgan fingerprint density at radius 3 is 2.37 bits per heavy atom. The highest BCUT2D eigenvalue weighted by molar-refractivity contribution is 6.00. The largest absolute Gasteiger partial charge is 0.459 e. The Balaban J connectivity index is 1.83. The zero-order chi connectivity index (χ0) is 25.5. The van der Waals surface area contributed by atoms with E-state index in [9.17, 15) is 42.4 Å². The first-order valence-corrected chi connectivity index (χ1v) is 9.93. The third-order valence-electron chi connectivity index (χ3n) is 5.52. The second kappa shape index (κ2) is 8.51. The van der Waals surface area contributed by atoms with Crippen molar-refractivity contribution < 1.29 is 41.6 Å². The quantitative estimate of drug-likeness (QED) is 0.212. The molecule has 3 N–H and O–H groups in total. The SMILES string of the molecule is O=C1N[C@@H](c2ccc(-c3ccccc3[N+](=O)[O-])o2)[C@@H](C(=O)c2ccc(F)cc2)[C@@](O)(C(F)(F)F)N1. The van der Waals surface area contributed by atoms with E-state index in [0.29, 0.717) is 0 Å². The number of carbonyl (C=O) groups is 2. The van der Waals surface area contributed by atoms with Crippen molar-refractivity contribution >= 4 is 17.5 Å². The van der Waals surface area contributed by atoms with Crippen LogP contribution in [0.2, 0.25) is 0 Å². The van der Waals surface area contributed by atoms with Gasteiger partial charge in [-0.25, -0.2) is 9.18 Å². The first-order chi connectivity index (χ1) is 16.4. The van der Waals surface area contributed by atoms with E-state index in [-0.39, 0.29) is 28.3 Å². The molecule has 0 radical (unpaired) electrons. The van der Waals surface area contributed by atoms with Crippen molar-refractivity contribution in [3.05, 3.63) is 87.9 Å². The number of alkyl halides is 3. The van der Waals surface area contributed by atoms with Crippen LogP contribution in [0.1, 0.15) is 22.2 Å². The lowest BCUT2D eigenvalue weighted by atomic mass is 9.79. The van der Waals surface area contributed by atoms with Gasteiger partial charge in [-0.1, -0.05) is 12.1 Å². The van der Waals surface area contributed by atoms with Gasteiger partial charge < -0.3 is 20.2 Å². The first-order valence-electron chi connectivity index (χ1n) is 9.93. The lowest BCUT2D eigenvalue weighted by Crippen LogP contribution is -2.72. The molecular formula is C22H15F4N3O6. The van der Waals surface area contributed by atoms with E-state index in [0.717, 1.165) is 30.3 Å². The van der Waals surface area contributed by atoms with Crippen LogP contribution in [0.15, 0.2) is 65.1 Å². The van der Waals surface area contributed by atoms with E-state index in [4.69, 9.17) is 4.42 Å². The van der Waals surface area contributed by atoms with Gasteiger partial charge in [0, 0.05) is 11.6 Å². The molecule has 4 rings (SSSR count). The second-order valence-corrected chi connectivity index (χ2v) is 7.67.